The zero-order valence-electron chi connectivity index (χ0n) is 15.9. The first-order valence-electron chi connectivity index (χ1n) is 9.86. The third kappa shape index (κ3) is 2.72. The summed E-state index contributed by atoms with van der Waals surface area (Å²) in [6.07, 6.45) is 3.73. The smallest absolute Gasteiger partial charge is 0.236 e. The molecule has 1 saturated carbocycles. The Labute approximate surface area is 154 Å². The molecule has 0 spiro atoms. The second-order valence-electron chi connectivity index (χ2n) is 8.23. The number of rotatable bonds is 5. The summed E-state index contributed by atoms with van der Waals surface area (Å²) in [4.78, 5) is 34.0. The molecule has 0 N–H and O–H groups in total. The molecule has 1 aliphatic carbocycles. The third-order valence-corrected chi connectivity index (χ3v) is 6.45. The molecule has 1 aromatic rings. The van der Waals surface area contributed by atoms with Crippen molar-refractivity contribution >= 4 is 11.8 Å². The number of carbonyl (C=O) groups is 2. The number of aromatic nitrogens is 2. The zero-order chi connectivity index (χ0) is 18.5. The summed E-state index contributed by atoms with van der Waals surface area (Å²) in [6, 6.07) is 0. The number of hydrogen-bond donors (Lipinski definition) is 0. The van der Waals surface area contributed by atoms with Crippen LogP contribution in [0.4, 0.5) is 0 Å². The first-order valence-corrected chi connectivity index (χ1v) is 9.86. The average Bonchev–Trinajstić information content (AvgIpc) is 3.12. The fraction of sp³-hybridized carbons (Fsp3) is 0.789. The van der Waals surface area contributed by atoms with Crippen molar-refractivity contribution in [1.29, 1.82) is 0 Å². The molecule has 3 heterocycles. The number of aryl methyl sites for hydroxylation is 1. The molecule has 2 atom stereocenters. The molecule has 0 unspecified atom stereocenters. The number of hydrogen-bond acceptors (Lipinski definition) is 5. The van der Waals surface area contributed by atoms with E-state index in [1.165, 1.54) is 0 Å². The van der Waals surface area contributed by atoms with Gasteiger partial charge in [-0.05, 0) is 32.6 Å². The number of likely N-dealkylation sites (tertiary alicyclic amines) is 2. The van der Waals surface area contributed by atoms with Crippen LogP contribution in [0.2, 0.25) is 0 Å². The van der Waals surface area contributed by atoms with Gasteiger partial charge in [-0.3, -0.25) is 9.59 Å². The van der Waals surface area contributed by atoms with Crippen LogP contribution in [0, 0.1) is 24.7 Å². The number of carbonyl (C=O) groups excluding carboxylic acids is 2. The van der Waals surface area contributed by atoms with Gasteiger partial charge in [0.1, 0.15) is 0 Å². The predicted octanol–water partition coefficient (Wildman–Crippen LogP) is 1.76. The van der Waals surface area contributed by atoms with Crippen LogP contribution in [0.25, 0.3) is 0 Å². The first-order chi connectivity index (χ1) is 12.5. The standard InChI is InChI=1S/C19H28N4O3/c1-4-13(5-2)16(24)22-8-15-9-23(17(25)14-6-7-14)11-19(15,10-22)18-20-12(3)21-26-18/h13-15H,4-11H2,1-3H3/t15-,19-/m0/s1. The Bertz CT molecular complexity index is 709. The fourth-order valence-corrected chi connectivity index (χ4v) is 4.69. The van der Waals surface area contributed by atoms with Gasteiger partial charge >= 0.3 is 0 Å². The van der Waals surface area contributed by atoms with E-state index in [0.29, 0.717) is 37.9 Å². The Hall–Kier alpha value is -1.92. The van der Waals surface area contributed by atoms with Gasteiger partial charge in [-0.25, -0.2) is 0 Å². The molecule has 2 saturated heterocycles. The lowest BCUT2D eigenvalue weighted by Crippen LogP contribution is -2.43. The van der Waals surface area contributed by atoms with Gasteiger partial charge in [-0.2, -0.15) is 4.98 Å². The molecule has 7 heteroatoms. The van der Waals surface area contributed by atoms with E-state index < -0.39 is 5.41 Å². The van der Waals surface area contributed by atoms with E-state index in [1.807, 2.05) is 16.7 Å². The van der Waals surface area contributed by atoms with Crippen LogP contribution >= 0.6 is 0 Å². The first kappa shape index (κ1) is 17.5. The molecule has 2 aliphatic heterocycles. The van der Waals surface area contributed by atoms with Crippen molar-refractivity contribution in [3.63, 3.8) is 0 Å². The highest BCUT2D eigenvalue weighted by Gasteiger charge is 2.59. The molecule has 26 heavy (non-hydrogen) atoms. The summed E-state index contributed by atoms with van der Waals surface area (Å²) in [7, 11) is 0. The maximum absolute atomic E-state index is 12.9. The summed E-state index contributed by atoms with van der Waals surface area (Å²) >= 11 is 0. The average molecular weight is 360 g/mol. The summed E-state index contributed by atoms with van der Waals surface area (Å²) in [6.45, 7) is 8.45. The van der Waals surface area contributed by atoms with Gasteiger partial charge in [0.2, 0.25) is 17.7 Å². The van der Waals surface area contributed by atoms with E-state index in [4.69, 9.17) is 4.52 Å². The molecule has 7 nitrogen and oxygen atoms in total. The van der Waals surface area contributed by atoms with Crippen LogP contribution in [0.15, 0.2) is 4.52 Å². The van der Waals surface area contributed by atoms with Gasteiger partial charge in [0.15, 0.2) is 5.82 Å². The van der Waals surface area contributed by atoms with Gasteiger partial charge in [0, 0.05) is 43.9 Å². The normalized spacial score (nSPS) is 28.1. The molecule has 0 radical (unpaired) electrons. The van der Waals surface area contributed by atoms with Crippen molar-refractivity contribution in [1.82, 2.24) is 19.9 Å². The molecule has 3 fully saturated rings. The van der Waals surface area contributed by atoms with Crippen LogP contribution in [0.5, 0.6) is 0 Å². The van der Waals surface area contributed by atoms with Crippen LogP contribution in [0.3, 0.4) is 0 Å². The Morgan fingerprint density at radius 2 is 1.85 bits per heavy atom. The zero-order valence-corrected chi connectivity index (χ0v) is 15.9. The number of fused-ring (bicyclic) bond motifs is 1. The monoisotopic (exact) mass is 360 g/mol. The van der Waals surface area contributed by atoms with Gasteiger partial charge in [-0.15, -0.1) is 0 Å². The number of nitrogens with zero attached hydrogens (tertiary/aromatic N) is 4. The molecule has 4 rings (SSSR count). The van der Waals surface area contributed by atoms with Crippen molar-refractivity contribution in [3.05, 3.63) is 11.7 Å². The molecule has 2 amide bonds. The largest absolute Gasteiger partial charge is 0.341 e. The predicted molar refractivity (Wildman–Crippen MR) is 94.2 cm³/mol. The minimum absolute atomic E-state index is 0.0690. The lowest BCUT2D eigenvalue weighted by atomic mass is 9.81. The van der Waals surface area contributed by atoms with Gasteiger partial charge in [0.25, 0.3) is 0 Å². The van der Waals surface area contributed by atoms with E-state index in [2.05, 4.69) is 24.0 Å². The van der Waals surface area contributed by atoms with Crippen LogP contribution in [-0.4, -0.2) is 57.9 Å². The molecule has 0 aromatic carbocycles. The summed E-state index contributed by atoms with van der Waals surface area (Å²) < 4.78 is 5.56. The Balaban J connectivity index is 1.60. The maximum Gasteiger partial charge on any atom is 0.236 e. The summed E-state index contributed by atoms with van der Waals surface area (Å²) in [5, 5.41) is 3.98. The fourth-order valence-electron chi connectivity index (χ4n) is 4.69. The van der Waals surface area contributed by atoms with E-state index in [-0.39, 0.29) is 29.6 Å². The van der Waals surface area contributed by atoms with Crippen LogP contribution < -0.4 is 0 Å². The van der Waals surface area contributed by atoms with E-state index in [9.17, 15) is 9.59 Å². The second kappa shape index (κ2) is 6.35. The highest BCUT2D eigenvalue weighted by molar-refractivity contribution is 5.82. The van der Waals surface area contributed by atoms with Crippen molar-refractivity contribution in [2.75, 3.05) is 26.2 Å². The molecule has 0 bridgehead atoms. The van der Waals surface area contributed by atoms with Crippen LogP contribution in [0.1, 0.15) is 51.2 Å². The quantitative estimate of drug-likeness (QED) is 0.799. The molecule has 3 aliphatic rings. The van der Waals surface area contributed by atoms with Crippen molar-refractivity contribution in [2.45, 2.75) is 51.9 Å². The molecular weight excluding hydrogens is 332 g/mol. The SMILES string of the molecule is CCC(CC)C(=O)N1C[C@H]2CN(C(=O)C3CC3)C[C@@]2(c2nc(C)no2)C1. The molecular formula is C19H28N4O3. The van der Waals surface area contributed by atoms with Crippen molar-refractivity contribution < 1.29 is 14.1 Å². The molecule has 142 valence electrons. The van der Waals surface area contributed by atoms with Gasteiger partial charge in [0.05, 0.1) is 5.41 Å². The minimum Gasteiger partial charge on any atom is -0.341 e. The number of amides is 2. The molecule has 1 aromatic heterocycles. The lowest BCUT2D eigenvalue weighted by Gasteiger charge is -2.27. The minimum atomic E-state index is -0.409. The van der Waals surface area contributed by atoms with E-state index >= 15 is 0 Å². The second-order valence-corrected chi connectivity index (χ2v) is 8.23. The highest BCUT2D eigenvalue weighted by atomic mass is 16.5. The van der Waals surface area contributed by atoms with Crippen molar-refractivity contribution in [3.8, 4) is 0 Å². The van der Waals surface area contributed by atoms with E-state index in [0.717, 1.165) is 25.7 Å². The summed E-state index contributed by atoms with van der Waals surface area (Å²) in [5.74, 6) is 2.12. The Kier molecular flexibility index (Phi) is 4.28. The summed E-state index contributed by atoms with van der Waals surface area (Å²) in [5.41, 5.74) is -0.409. The third-order valence-electron chi connectivity index (χ3n) is 6.45. The maximum atomic E-state index is 12.9. The lowest BCUT2D eigenvalue weighted by molar-refractivity contribution is -0.135. The Morgan fingerprint density at radius 3 is 2.42 bits per heavy atom. The topological polar surface area (TPSA) is 79.5 Å². The Morgan fingerprint density at radius 1 is 1.19 bits per heavy atom. The van der Waals surface area contributed by atoms with E-state index in [1.54, 1.807) is 0 Å². The van der Waals surface area contributed by atoms with Gasteiger partial charge in [-0.1, -0.05) is 19.0 Å². The van der Waals surface area contributed by atoms with Crippen LogP contribution in [-0.2, 0) is 15.0 Å². The van der Waals surface area contributed by atoms with Crippen molar-refractivity contribution in [2.24, 2.45) is 17.8 Å². The highest BCUT2D eigenvalue weighted by Crippen LogP contribution is 2.46. The van der Waals surface area contributed by atoms with Gasteiger partial charge < -0.3 is 14.3 Å².